The van der Waals surface area contributed by atoms with Gasteiger partial charge in [-0.2, -0.15) is 0 Å². The number of nitro groups is 1. The third-order valence-electron chi connectivity index (χ3n) is 4.97. The van der Waals surface area contributed by atoms with Gasteiger partial charge in [-0.15, -0.1) is 0 Å². The predicted molar refractivity (Wildman–Crippen MR) is 101 cm³/mol. The van der Waals surface area contributed by atoms with Crippen molar-refractivity contribution in [1.82, 2.24) is 5.32 Å². The van der Waals surface area contributed by atoms with Crippen LogP contribution < -0.4 is 10.2 Å². The monoisotopic (exact) mass is 371 g/mol. The van der Waals surface area contributed by atoms with Crippen LogP contribution in [0.3, 0.4) is 0 Å². The van der Waals surface area contributed by atoms with Crippen molar-refractivity contribution < 1.29 is 14.1 Å². The van der Waals surface area contributed by atoms with Crippen molar-refractivity contribution in [3.8, 4) is 0 Å². The van der Waals surface area contributed by atoms with E-state index in [4.69, 9.17) is 0 Å². The van der Waals surface area contributed by atoms with Gasteiger partial charge in [0.05, 0.1) is 4.92 Å². The first-order valence-corrected chi connectivity index (χ1v) is 8.97. The van der Waals surface area contributed by atoms with Crippen molar-refractivity contribution in [2.75, 3.05) is 18.0 Å². The number of rotatable bonds is 5. The maximum Gasteiger partial charge on any atom is 0.292 e. The minimum absolute atomic E-state index is 0.0285. The minimum atomic E-state index is -0.376. The van der Waals surface area contributed by atoms with Gasteiger partial charge < -0.3 is 10.2 Å². The number of nitrogens with one attached hydrogen (secondary N) is 1. The number of anilines is 1. The molecule has 0 atom stereocenters. The Morgan fingerprint density at radius 3 is 2.63 bits per heavy atom. The Kier molecular flexibility index (Phi) is 5.69. The molecule has 1 amide bonds. The lowest BCUT2D eigenvalue weighted by atomic mass is 9.95. The summed E-state index contributed by atoms with van der Waals surface area (Å²) in [5, 5.41) is 14.1. The summed E-state index contributed by atoms with van der Waals surface area (Å²) in [4.78, 5) is 25.2. The van der Waals surface area contributed by atoms with E-state index in [1.807, 2.05) is 4.90 Å². The zero-order valence-corrected chi connectivity index (χ0v) is 15.2. The molecule has 1 heterocycles. The summed E-state index contributed by atoms with van der Waals surface area (Å²) in [7, 11) is 0. The van der Waals surface area contributed by atoms with Crippen LogP contribution in [0.5, 0.6) is 0 Å². The van der Waals surface area contributed by atoms with E-state index in [0.29, 0.717) is 43.7 Å². The molecule has 0 spiro atoms. The number of carbonyl (C=O) groups is 1. The van der Waals surface area contributed by atoms with Crippen molar-refractivity contribution in [1.29, 1.82) is 0 Å². The van der Waals surface area contributed by atoms with E-state index in [1.54, 1.807) is 37.3 Å². The first kappa shape index (κ1) is 18.8. The number of amides is 1. The van der Waals surface area contributed by atoms with Gasteiger partial charge in [-0.1, -0.05) is 24.3 Å². The molecule has 0 bridgehead atoms. The number of nitro benzene ring substituents is 1. The molecule has 7 heteroatoms. The van der Waals surface area contributed by atoms with Crippen LogP contribution >= 0.6 is 0 Å². The molecule has 0 radical (unpaired) electrons. The van der Waals surface area contributed by atoms with Gasteiger partial charge in [0.25, 0.3) is 5.69 Å². The average Bonchev–Trinajstić information content (AvgIpc) is 2.68. The van der Waals surface area contributed by atoms with E-state index in [0.717, 1.165) is 5.56 Å². The lowest BCUT2D eigenvalue weighted by Gasteiger charge is -2.32. The molecule has 0 saturated carbocycles. The second-order valence-corrected chi connectivity index (χ2v) is 6.81. The zero-order chi connectivity index (χ0) is 19.4. The molecular weight excluding hydrogens is 349 g/mol. The maximum atomic E-state index is 13.3. The lowest BCUT2D eigenvalue weighted by molar-refractivity contribution is -0.384. The van der Waals surface area contributed by atoms with Crippen molar-refractivity contribution >= 4 is 17.3 Å². The molecule has 2 aromatic carbocycles. The number of benzene rings is 2. The molecule has 1 fully saturated rings. The highest BCUT2D eigenvalue weighted by atomic mass is 19.1. The van der Waals surface area contributed by atoms with Gasteiger partial charge in [-0.3, -0.25) is 14.9 Å². The Balaban J connectivity index is 1.55. The molecule has 1 aliphatic heterocycles. The molecule has 1 saturated heterocycles. The molecule has 1 N–H and O–H groups in total. The SMILES string of the molecule is Cc1cc(CNC(=O)C2CCN(c3ccccc3[N+](=O)[O-])CC2)ccc1F. The molecule has 142 valence electrons. The predicted octanol–water partition coefficient (Wildman–Crippen LogP) is 3.58. The molecule has 3 rings (SSSR count). The van der Waals surface area contributed by atoms with Crippen molar-refractivity contribution in [2.45, 2.75) is 26.3 Å². The first-order chi connectivity index (χ1) is 13.0. The summed E-state index contributed by atoms with van der Waals surface area (Å²) < 4.78 is 13.3. The minimum Gasteiger partial charge on any atom is -0.366 e. The first-order valence-electron chi connectivity index (χ1n) is 8.97. The highest BCUT2D eigenvalue weighted by Gasteiger charge is 2.27. The normalized spacial score (nSPS) is 14.8. The van der Waals surface area contributed by atoms with Gasteiger partial charge in [0.2, 0.25) is 5.91 Å². The van der Waals surface area contributed by atoms with E-state index in [9.17, 15) is 19.3 Å². The lowest BCUT2D eigenvalue weighted by Crippen LogP contribution is -2.40. The summed E-state index contributed by atoms with van der Waals surface area (Å²) in [5.41, 5.74) is 2.11. The summed E-state index contributed by atoms with van der Waals surface area (Å²) in [5.74, 6) is -0.405. The smallest absolute Gasteiger partial charge is 0.292 e. The second kappa shape index (κ2) is 8.16. The van der Waals surface area contributed by atoms with Gasteiger partial charge in [-0.25, -0.2) is 4.39 Å². The van der Waals surface area contributed by atoms with Crippen LogP contribution in [0.15, 0.2) is 42.5 Å². The van der Waals surface area contributed by atoms with Crippen LogP contribution in [0, 0.1) is 28.8 Å². The number of hydrogen-bond donors (Lipinski definition) is 1. The third kappa shape index (κ3) is 4.42. The fourth-order valence-corrected chi connectivity index (χ4v) is 3.42. The molecule has 6 nitrogen and oxygen atoms in total. The number of carbonyl (C=O) groups excluding carboxylic acids is 1. The van der Waals surface area contributed by atoms with Crippen LogP contribution in [0.4, 0.5) is 15.8 Å². The van der Waals surface area contributed by atoms with E-state index in [-0.39, 0.29) is 28.3 Å². The zero-order valence-electron chi connectivity index (χ0n) is 15.2. The number of piperidine rings is 1. The number of hydrogen-bond acceptors (Lipinski definition) is 4. The standard InChI is InChI=1S/C20H22FN3O3/c1-14-12-15(6-7-17(14)21)13-22-20(25)16-8-10-23(11-9-16)18-4-2-3-5-19(18)24(26)27/h2-7,12,16H,8-11,13H2,1H3,(H,22,25). The van der Waals surface area contributed by atoms with E-state index < -0.39 is 0 Å². The highest BCUT2D eigenvalue weighted by molar-refractivity contribution is 5.79. The Morgan fingerprint density at radius 2 is 1.96 bits per heavy atom. The number of halogens is 1. The summed E-state index contributed by atoms with van der Waals surface area (Å²) in [6, 6.07) is 11.5. The quantitative estimate of drug-likeness (QED) is 0.644. The topological polar surface area (TPSA) is 75.5 Å². The Bertz CT molecular complexity index is 848. The largest absolute Gasteiger partial charge is 0.366 e. The summed E-state index contributed by atoms with van der Waals surface area (Å²) in [6.45, 7) is 3.25. The number of nitrogens with zero attached hydrogens (tertiary/aromatic N) is 2. The maximum absolute atomic E-state index is 13.3. The van der Waals surface area contributed by atoms with E-state index in [2.05, 4.69) is 5.32 Å². The second-order valence-electron chi connectivity index (χ2n) is 6.81. The van der Waals surface area contributed by atoms with Crippen LogP contribution in [-0.4, -0.2) is 23.9 Å². The molecule has 1 aliphatic rings. The summed E-state index contributed by atoms with van der Waals surface area (Å²) in [6.07, 6.45) is 1.28. The van der Waals surface area contributed by atoms with Crippen molar-refractivity contribution in [2.24, 2.45) is 5.92 Å². The van der Waals surface area contributed by atoms with Gasteiger partial charge in [0, 0.05) is 31.6 Å². The average molecular weight is 371 g/mol. The molecule has 0 aliphatic carbocycles. The summed E-state index contributed by atoms with van der Waals surface area (Å²) >= 11 is 0. The van der Waals surface area contributed by atoms with Gasteiger partial charge >= 0.3 is 0 Å². The van der Waals surface area contributed by atoms with Crippen LogP contribution in [0.2, 0.25) is 0 Å². The van der Waals surface area contributed by atoms with Crippen LogP contribution in [0.25, 0.3) is 0 Å². The molecule has 2 aromatic rings. The fourth-order valence-electron chi connectivity index (χ4n) is 3.42. The molecule has 0 aromatic heterocycles. The Hall–Kier alpha value is -2.96. The Morgan fingerprint density at radius 1 is 1.26 bits per heavy atom. The number of aryl methyl sites for hydroxylation is 1. The van der Waals surface area contributed by atoms with Crippen molar-refractivity contribution in [3.05, 3.63) is 69.5 Å². The van der Waals surface area contributed by atoms with E-state index in [1.165, 1.54) is 12.1 Å². The molecule has 0 unspecified atom stereocenters. The van der Waals surface area contributed by atoms with Crippen LogP contribution in [0.1, 0.15) is 24.0 Å². The van der Waals surface area contributed by atoms with Gasteiger partial charge in [0.15, 0.2) is 0 Å². The van der Waals surface area contributed by atoms with Crippen molar-refractivity contribution in [3.63, 3.8) is 0 Å². The number of para-hydroxylation sites is 2. The Labute approximate surface area is 157 Å². The van der Waals surface area contributed by atoms with Gasteiger partial charge in [-0.05, 0) is 43.0 Å². The molecule has 27 heavy (non-hydrogen) atoms. The highest BCUT2D eigenvalue weighted by Crippen LogP contribution is 2.31. The van der Waals surface area contributed by atoms with E-state index >= 15 is 0 Å². The van der Waals surface area contributed by atoms with Gasteiger partial charge in [0.1, 0.15) is 11.5 Å². The molecular formula is C20H22FN3O3. The fraction of sp³-hybridized carbons (Fsp3) is 0.350. The third-order valence-corrected chi connectivity index (χ3v) is 4.97. The van der Waals surface area contributed by atoms with Crippen LogP contribution in [-0.2, 0) is 11.3 Å².